The van der Waals surface area contributed by atoms with Gasteiger partial charge in [0.1, 0.15) is 5.75 Å². The van der Waals surface area contributed by atoms with Gasteiger partial charge in [0.2, 0.25) is 0 Å². The standard InChI is InChI=1S/C10H13NO3/c11-8-4-1-2-5-9(8)14-7-3-6-10(12)13/h1-2,4-5H,3,6-7,11H2,(H,12,13). The Labute approximate surface area is 82.3 Å². The molecule has 0 atom stereocenters. The first-order chi connectivity index (χ1) is 6.70. The highest BCUT2D eigenvalue weighted by atomic mass is 16.5. The second kappa shape index (κ2) is 5.11. The molecule has 0 radical (unpaired) electrons. The summed E-state index contributed by atoms with van der Waals surface area (Å²) in [7, 11) is 0. The van der Waals surface area contributed by atoms with E-state index in [1.165, 1.54) is 0 Å². The van der Waals surface area contributed by atoms with Crippen molar-refractivity contribution in [1.29, 1.82) is 0 Å². The van der Waals surface area contributed by atoms with Crippen molar-refractivity contribution in [2.75, 3.05) is 12.3 Å². The Bertz CT molecular complexity index is 312. The van der Waals surface area contributed by atoms with Crippen LogP contribution in [0.2, 0.25) is 0 Å². The molecule has 76 valence electrons. The molecule has 1 rings (SSSR count). The molecule has 3 N–H and O–H groups in total. The van der Waals surface area contributed by atoms with Gasteiger partial charge in [-0.3, -0.25) is 4.79 Å². The molecule has 1 aromatic carbocycles. The number of anilines is 1. The molecule has 14 heavy (non-hydrogen) atoms. The largest absolute Gasteiger partial charge is 0.491 e. The number of hydrogen-bond donors (Lipinski definition) is 2. The zero-order valence-electron chi connectivity index (χ0n) is 7.77. The molecule has 0 amide bonds. The molecular weight excluding hydrogens is 182 g/mol. The molecule has 1 aromatic rings. The topological polar surface area (TPSA) is 72.5 Å². The van der Waals surface area contributed by atoms with Gasteiger partial charge in [-0.05, 0) is 18.6 Å². The summed E-state index contributed by atoms with van der Waals surface area (Å²) in [6.07, 6.45) is 0.608. The molecule has 0 saturated heterocycles. The highest BCUT2D eigenvalue weighted by Gasteiger charge is 1.99. The van der Waals surface area contributed by atoms with Crippen LogP contribution in [0.5, 0.6) is 5.75 Å². The summed E-state index contributed by atoms with van der Waals surface area (Å²) in [6.45, 7) is 0.376. The fraction of sp³-hybridized carbons (Fsp3) is 0.300. The van der Waals surface area contributed by atoms with Crippen molar-refractivity contribution >= 4 is 11.7 Å². The Morgan fingerprint density at radius 2 is 2.14 bits per heavy atom. The minimum absolute atomic E-state index is 0.118. The highest BCUT2D eigenvalue weighted by molar-refractivity contribution is 5.66. The first-order valence-electron chi connectivity index (χ1n) is 4.39. The van der Waals surface area contributed by atoms with Gasteiger partial charge in [-0.25, -0.2) is 0 Å². The van der Waals surface area contributed by atoms with E-state index in [-0.39, 0.29) is 6.42 Å². The zero-order chi connectivity index (χ0) is 10.4. The fourth-order valence-corrected chi connectivity index (χ4v) is 1.02. The van der Waals surface area contributed by atoms with Crippen molar-refractivity contribution in [2.45, 2.75) is 12.8 Å². The first-order valence-corrected chi connectivity index (χ1v) is 4.39. The van der Waals surface area contributed by atoms with Crippen LogP contribution in [0.25, 0.3) is 0 Å². The van der Waals surface area contributed by atoms with E-state index in [9.17, 15) is 4.79 Å². The van der Waals surface area contributed by atoms with E-state index in [1.54, 1.807) is 12.1 Å². The summed E-state index contributed by atoms with van der Waals surface area (Å²) in [6, 6.07) is 7.14. The van der Waals surface area contributed by atoms with Gasteiger partial charge < -0.3 is 15.6 Å². The third-order valence-corrected chi connectivity index (χ3v) is 1.71. The van der Waals surface area contributed by atoms with E-state index in [4.69, 9.17) is 15.6 Å². The lowest BCUT2D eigenvalue weighted by Crippen LogP contribution is -2.03. The van der Waals surface area contributed by atoms with Crippen molar-refractivity contribution in [3.8, 4) is 5.75 Å². The molecule has 0 fully saturated rings. The number of nitrogen functional groups attached to an aromatic ring is 1. The fourth-order valence-electron chi connectivity index (χ4n) is 1.02. The Hall–Kier alpha value is -1.71. The van der Waals surface area contributed by atoms with Gasteiger partial charge in [0, 0.05) is 6.42 Å². The summed E-state index contributed by atoms with van der Waals surface area (Å²) in [5.74, 6) is -0.201. The Morgan fingerprint density at radius 1 is 1.43 bits per heavy atom. The molecule has 0 unspecified atom stereocenters. The maximum atomic E-state index is 10.2. The van der Waals surface area contributed by atoms with Crippen LogP contribution in [0.1, 0.15) is 12.8 Å². The van der Waals surface area contributed by atoms with Crippen LogP contribution in [-0.2, 0) is 4.79 Å². The van der Waals surface area contributed by atoms with E-state index in [1.807, 2.05) is 12.1 Å². The highest BCUT2D eigenvalue weighted by Crippen LogP contribution is 2.19. The molecule has 0 spiro atoms. The molecule has 0 aliphatic carbocycles. The third kappa shape index (κ3) is 3.35. The Kier molecular flexibility index (Phi) is 3.79. The van der Waals surface area contributed by atoms with E-state index < -0.39 is 5.97 Å². The number of benzene rings is 1. The van der Waals surface area contributed by atoms with Gasteiger partial charge in [0.05, 0.1) is 12.3 Å². The maximum absolute atomic E-state index is 10.2. The number of nitrogens with two attached hydrogens (primary N) is 1. The SMILES string of the molecule is Nc1ccccc1OCCCC(=O)O. The van der Waals surface area contributed by atoms with Gasteiger partial charge in [-0.15, -0.1) is 0 Å². The average Bonchev–Trinajstić information content (AvgIpc) is 2.15. The number of ether oxygens (including phenoxy) is 1. The van der Waals surface area contributed by atoms with Gasteiger partial charge in [0.25, 0.3) is 0 Å². The second-order valence-corrected chi connectivity index (χ2v) is 2.88. The molecule has 0 saturated carbocycles. The lowest BCUT2D eigenvalue weighted by molar-refractivity contribution is -0.137. The number of aliphatic carboxylic acids is 1. The molecule has 0 aliphatic heterocycles. The smallest absolute Gasteiger partial charge is 0.303 e. The first kappa shape index (κ1) is 10.4. The maximum Gasteiger partial charge on any atom is 0.303 e. The summed E-state index contributed by atoms with van der Waals surface area (Å²) >= 11 is 0. The molecule has 4 nitrogen and oxygen atoms in total. The summed E-state index contributed by atoms with van der Waals surface area (Å²) in [5, 5.41) is 8.39. The van der Waals surface area contributed by atoms with Gasteiger partial charge in [-0.2, -0.15) is 0 Å². The van der Waals surface area contributed by atoms with Crippen molar-refractivity contribution in [1.82, 2.24) is 0 Å². The minimum Gasteiger partial charge on any atom is -0.491 e. The van der Waals surface area contributed by atoms with Crippen LogP contribution >= 0.6 is 0 Å². The predicted molar refractivity (Wildman–Crippen MR) is 53.2 cm³/mol. The number of rotatable bonds is 5. The lowest BCUT2D eigenvalue weighted by Gasteiger charge is -2.06. The quantitative estimate of drug-likeness (QED) is 0.551. The Morgan fingerprint density at radius 3 is 2.79 bits per heavy atom. The Balaban J connectivity index is 2.31. The van der Waals surface area contributed by atoms with Crippen LogP contribution in [-0.4, -0.2) is 17.7 Å². The summed E-state index contributed by atoms with van der Waals surface area (Å²) in [4.78, 5) is 10.2. The zero-order valence-corrected chi connectivity index (χ0v) is 7.77. The molecule has 0 aliphatic rings. The average molecular weight is 195 g/mol. The molecule has 0 heterocycles. The number of hydrogen-bond acceptors (Lipinski definition) is 3. The number of carboxylic acids is 1. The van der Waals surface area contributed by atoms with Gasteiger partial charge in [0.15, 0.2) is 0 Å². The number of carboxylic acid groups (broad SMARTS) is 1. The van der Waals surface area contributed by atoms with Crippen LogP contribution in [0.3, 0.4) is 0 Å². The summed E-state index contributed by atoms with van der Waals surface area (Å²) < 4.78 is 5.30. The van der Waals surface area contributed by atoms with Crippen LogP contribution < -0.4 is 10.5 Å². The van der Waals surface area contributed by atoms with E-state index >= 15 is 0 Å². The monoisotopic (exact) mass is 195 g/mol. The van der Waals surface area contributed by atoms with Crippen molar-refractivity contribution in [2.24, 2.45) is 0 Å². The van der Waals surface area contributed by atoms with E-state index in [2.05, 4.69) is 0 Å². The van der Waals surface area contributed by atoms with Gasteiger partial charge >= 0.3 is 5.97 Å². The van der Waals surface area contributed by atoms with Crippen molar-refractivity contribution < 1.29 is 14.6 Å². The molecule has 0 bridgehead atoms. The normalized spacial score (nSPS) is 9.71. The number of para-hydroxylation sites is 2. The summed E-state index contributed by atoms with van der Waals surface area (Å²) in [5.41, 5.74) is 6.19. The van der Waals surface area contributed by atoms with Crippen LogP contribution in [0.4, 0.5) is 5.69 Å². The predicted octanol–water partition coefficient (Wildman–Crippen LogP) is 1.51. The van der Waals surface area contributed by atoms with E-state index in [0.717, 1.165) is 0 Å². The minimum atomic E-state index is -0.811. The molecule has 4 heteroatoms. The van der Waals surface area contributed by atoms with Gasteiger partial charge in [-0.1, -0.05) is 12.1 Å². The van der Waals surface area contributed by atoms with Crippen LogP contribution in [0, 0.1) is 0 Å². The van der Waals surface area contributed by atoms with Crippen molar-refractivity contribution in [3.05, 3.63) is 24.3 Å². The second-order valence-electron chi connectivity index (χ2n) is 2.88. The molecular formula is C10H13NO3. The van der Waals surface area contributed by atoms with Crippen LogP contribution in [0.15, 0.2) is 24.3 Å². The molecule has 0 aromatic heterocycles. The van der Waals surface area contributed by atoms with E-state index in [0.29, 0.717) is 24.5 Å². The lowest BCUT2D eigenvalue weighted by atomic mass is 10.3. The number of carbonyl (C=O) groups is 1. The third-order valence-electron chi connectivity index (χ3n) is 1.71. The van der Waals surface area contributed by atoms with Crippen molar-refractivity contribution in [3.63, 3.8) is 0 Å².